The first-order valence-corrected chi connectivity index (χ1v) is 4.94. The first-order valence-electron chi connectivity index (χ1n) is 1.25. The molecule has 0 unspecified atom stereocenters. The van der Waals surface area contributed by atoms with Crippen molar-refractivity contribution < 1.29 is 14.7 Å². The molecule has 0 fully saturated rings. The highest BCUT2D eigenvalue weighted by atomic mass is 32.5. The standard InChI is InChI=1S/CH7O3PS/c1-6-5(2,3)4/h2-4,6H,1H3. The van der Waals surface area contributed by atoms with Gasteiger partial charge in [0.25, 0.3) is 6.72 Å². The van der Waals surface area contributed by atoms with E-state index in [1.165, 1.54) is 6.26 Å². The Hall–Kier alpha value is 0.660. The third-order valence-corrected chi connectivity index (χ3v) is 2.41. The molecule has 40 valence electrons. The summed E-state index contributed by atoms with van der Waals surface area (Å²) >= 11 is 0. The van der Waals surface area contributed by atoms with Crippen LogP contribution in [0.3, 0.4) is 0 Å². The van der Waals surface area contributed by atoms with Crippen molar-refractivity contribution in [1.29, 1.82) is 0 Å². The zero-order valence-electron chi connectivity index (χ0n) is 3.24. The van der Waals surface area contributed by atoms with E-state index in [4.69, 9.17) is 14.7 Å². The lowest BCUT2D eigenvalue weighted by molar-refractivity contribution is 0.363. The number of hydrogen-bond donors (Lipinski definition) is 4. The molecule has 3 nitrogen and oxygen atoms in total. The minimum Gasteiger partial charge on any atom is -0.329 e. The summed E-state index contributed by atoms with van der Waals surface area (Å²) in [5, 5.41) is 0. The first-order chi connectivity index (χ1) is 2.56. The Bertz CT molecular complexity index is 74.5. The molecule has 0 bridgehead atoms. The molecular weight excluding hydrogens is 123 g/mol. The van der Waals surface area contributed by atoms with E-state index in [0.717, 1.165) is 0 Å². The van der Waals surface area contributed by atoms with Gasteiger partial charge in [-0.15, -0.1) is 10.9 Å². The second-order valence-corrected chi connectivity index (χ2v) is 5.02. The summed E-state index contributed by atoms with van der Waals surface area (Å²) in [5.41, 5.74) is 0. The van der Waals surface area contributed by atoms with E-state index < -0.39 is 6.72 Å². The lowest BCUT2D eigenvalue weighted by Gasteiger charge is -1.95. The van der Waals surface area contributed by atoms with Crippen LogP contribution >= 0.6 is 6.72 Å². The van der Waals surface area contributed by atoms with Gasteiger partial charge in [-0.3, -0.25) is 0 Å². The molecule has 0 aliphatic heterocycles. The molecule has 5 heteroatoms. The normalized spacial score (nSPS) is 12.0. The van der Waals surface area contributed by atoms with Gasteiger partial charge in [0.1, 0.15) is 0 Å². The number of hydrogen-bond acceptors (Lipinski definition) is 0. The van der Waals surface area contributed by atoms with Gasteiger partial charge >= 0.3 is 0 Å². The van der Waals surface area contributed by atoms with Crippen LogP contribution in [0.2, 0.25) is 0 Å². The molecule has 0 aromatic heterocycles. The molecule has 6 heavy (non-hydrogen) atoms. The van der Waals surface area contributed by atoms with Gasteiger partial charge in [0.05, 0.1) is 0 Å². The maximum Gasteiger partial charge on any atom is 0.274 e. The van der Waals surface area contributed by atoms with Crippen molar-refractivity contribution in [2.24, 2.45) is 0 Å². The highest BCUT2D eigenvalue weighted by Gasteiger charge is 1.93. The van der Waals surface area contributed by atoms with E-state index in [9.17, 15) is 0 Å². The maximum atomic E-state index is 8.04. The molecule has 0 spiro atoms. The Labute approximate surface area is 39.5 Å². The van der Waals surface area contributed by atoms with Crippen molar-refractivity contribution >= 4 is 17.7 Å². The molecule has 0 aliphatic carbocycles. The van der Waals surface area contributed by atoms with Crippen molar-refractivity contribution in [1.82, 2.24) is 0 Å². The molecule has 0 amide bonds. The highest BCUT2D eigenvalue weighted by Crippen LogP contribution is 2.29. The van der Waals surface area contributed by atoms with Gasteiger partial charge < -0.3 is 14.7 Å². The van der Waals surface area contributed by atoms with E-state index in [-0.39, 0.29) is 10.9 Å². The molecule has 0 atom stereocenters. The summed E-state index contributed by atoms with van der Waals surface area (Å²) in [4.78, 5) is 24.1. The Balaban J connectivity index is 3.79. The zero-order chi connectivity index (χ0) is 5.21. The number of thiol groups is 1. The molecule has 0 radical (unpaired) electrons. The fourth-order valence-corrected chi connectivity index (χ4v) is 0. The zero-order valence-corrected chi connectivity index (χ0v) is 5.02. The quantitative estimate of drug-likeness (QED) is 0.253. The average molecular weight is 130 g/mol. The lowest BCUT2D eigenvalue weighted by atomic mass is 12.0. The van der Waals surface area contributed by atoms with Crippen LogP contribution in [-0.4, -0.2) is 20.9 Å². The van der Waals surface area contributed by atoms with Gasteiger partial charge in [0.15, 0.2) is 0 Å². The molecule has 0 aliphatic rings. The van der Waals surface area contributed by atoms with Crippen LogP contribution in [0.1, 0.15) is 0 Å². The molecule has 0 aromatic rings. The maximum absolute atomic E-state index is 8.04. The Morgan fingerprint density at radius 2 is 1.50 bits per heavy atom. The largest absolute Gasteiger partial charge is 0.329 e. The Morgan fingerprint density at radius 3 is 1.50 bits per heavy atom. The molecule has 0 saturated carbocycles. The van der Waals surface area contributed by atoms with Crippen LogP contribution < -0.4 is 0 Å². The third kappa shape index (κ3) is 4.66. The van der Waals surface area contributed by atoms with Crippen molar-refractivity contribution in [3.8, 4) is 0 Å². The molecule has 3 N–H and O–H groups in total. The highest BCUT2D eigenvalue weighted by molar-refractivity contribution is 8.16. The summed E-state index contributed by atoms with van der Waals surface area (Å²) in [6.45, 7) is -3.42. The van der Waals surface area contributed by atoms with E-state index in [1.807, 2.05) is 0 Å². The predicted molar refractivity (Wildman–Crippen MR) is 28.3 cm³/mol. The van der Waals surface area contributed by atoms with Crippen LogP contribution in [0, 0.1) is 0 Å². The van der Waals surface area contributed by atoms with Crippen LogP contribution in [0.25, 0.3) is 0 Å². The molecule has 0 heterocycles. The molecule has 0 aromatic carbocycles. The van der Waals surface area contributed by atoms with Crippen molar-refractivity contribution in [2.75, 3.05) is 6.26 Å². The van der Waals surface area contributed by atoms with E-state index in [1.54, 1.807) is 0 Å². The summed E-state index contributed by atoms with van der Waals surface area (Å²) < 4.78 is 0. The summed E-state index contributed by atoms with van der Waals surface area (Å²) in [6.07, 6.45) is 1.48. The van der Waals surface area contributed by atoms with Gasteiger partial charge in [-0.1, -0.05) is 0 Å². The fraction of sp³-hybridized carbons (Fsp3) is 1.00. The van der Waals surface area contributed by atoms with Crippen LogP contribution in [0.15, 0.2) is 0 Å². The van der Waals surface area contributed by atoms with E-state index >= 15 is 0 Å². The van der Waals surface area contributed by atoms with Gasteiger partial charge in [-0.05, 0) is 6.26 Å². The Morgan fingerprint density at radius 1 is 1.33 bits per heavy atom. The van der Waals surface area contributed by atoms with Gasteiger partial charge in [-0.25, -0.2) is 0 Å². The lowest BCUT2D eigenvalue weighted by Crippen LogP contribution is -1.71. The van der Waals surface area contributed by atoms with E-state index in [0.29, 0.717) is 0 Å². The van der Waals surface area contributed by atoms with Gasteiger partial charge in [-0.2, -0.15) is 0 Å². The summed E-state index contributed by atoms with van der Waals surface area (Å²) in [6, 6.07) is 0. The topological polar surface area (TPSA) is 60.7 Å². The van der Waals surface area contributed by atoms with Crippen molar-refractivity contribution in [3.05, 3.63) is 0 Å². The molecular formula is CH7O3PS. The SMILES string of the molecule is C[SH]=P(O)(O)O. The first kappa shape index (κ1) is 6.66. The monoisotopic (exact) mass is 130 g/mol. The summed E-state index contributed by atoms with van der Waals surface area (Å²) in [7, 11) is 0.252. The molecule has 0 rings (SSSR count). The minimum absolute atomic E-state index is 0.252. The van der Waals surface area contributed by atoms with Gasteiger partial charge in [0.2, 0.25) is 0 Å². The fourth-order valence-electron chi connectivity index (χ4n) is 0. The van der Waals surface area contributed by atoms with Crippen LogP contribution in [-0.2, 0) is 10.9 Å². The second kappa shape index (κ2) is 2.09. The molecule has 0 saturated heterocycles. The van der Waals surface area contributed by atoms with Crippen molar-refractivity contribution in [3.63, 3.8) is 0 Å². The van der Waals surface area contributed by atoms with Crippen molar-refractivity contribution in [2.45, 2.75) is 0 Å². The minimum atomic E-state index is -3.42. The number of rotatable bonds is 0. The Kier molecular flexibility index (Phi) is 2.33. The van der Waals surface area contributed by atoms with Crippen LogP contribution in [0.5, 0.6) is 0 Å². The van der Waals surface area contributed by atoms with E-state index in [2.05, 4.69) is 0 Å². The predicted octanol–water partition coefficient (Wildman–Crippen LogP) is -0.914. The summed E-state index contributed by atoms with van der Waals surface area (Å²) in [5.74, 6) is 0. The smallest absolute Gasteiger partial charge is 0.274 e. The van der Waals surface area contributed by atoms with Crippen LogP contribution in [0.4, 0.5) is 0 Å². The second-order valence-electron chi connectivity index (χ2n) is 0.737. The third-order valence-electron chi connectivity index (χ3n) is 0.268. The van der Waals surface area contributed by atoms with Gasteiger partial charge in [0, 0.05) is 0 Å². The average Bonchev–Trinajstić information content (AvgIpc) is 1.35.